The van der Waals surface area contributed by atoms with Gasteiger partial charge in [0.25, 0.3) is 0 Å². The lowest BCUT2D eigenvalue weighted by Gasteiger charge is -2.36. The van der Waals surface area contributed by atoms with Crippen molar-refractivity contribution in [2.45, 2.75) is 0 Å². The first-order chi connectivity index (χ1) is 11.7. The van der Waals surface area contributed by atoms with Crippen LogP contribution in [-0.2, 0) is 0 Å². The third-order valence-corrected chi connectivity index (χ3v) is 4.37. The van der Waals surface area contributed by atoms with Crippen LogP contribution in [0, 0.1) is 0 Å². The smallest absolute Gasteiger partial charge is 0.180 e. The van der Waals surface area contributed by atoms with Crippen LogP contribution in [0.5, 0.6) is 11.5 Å². The second kappa shape index (κ2) is 7.36. The Hall–Kier alpha value is -2.53. The Morgan fingerprint density at radius 3 is 2.42 bits per heavy atom. The number of ketones is 1. The topological polar surface area (TPSA) is 53.0 Å². The zero-order valence-corrected chi connectivity index (χ0v) is 13.8. The Kier molecular flexibility index (Phi) is 5.01. The Morgan fingerprint density at radius 1 is 1.04 bits per heavy atom. The summed E-state index contributed by atoms with van der Waals surface area (Å²) in [5, 5.41) is 9.80. The lowest BCUT2D eigenvalue weighted by atomic mass is 10.1. The number of anilines is 1. The van der Waals surface area contributed by atoms with Gasteiger partial charge in [0.2, 0.25) is 0 Å². The van der Waals surface area contributed by atoms with Gasteiger partial charge in [-0.2, -0.15) is 0 Å². The molecule has 0 aliphatic carbocycles. The first-order valence-electron chi connectivity index (χ1n) is 8.10. The molecule has 1 aliphatic heterocycles. The number of phenols is 1. The normalized spacial score (nSPS) is 15.3. The van der Waals surface area contributed by atoms with E-state index in [2.05, 4.69) is 15.9 Å². The van der Waals surface area contributed by atoms with Gasteiger partial charge in [-0.1, -0.05) is 24.3 Å². The van der Waals surface area contributed by atoms with Crippen LogP contribution in [0.2, 0.25) is 0 Å². The number of methoxy groups -OCH3 is 1. The van der Waals surface area contributed by atoms with E-state index in [0.29, 0.717) is 12.1 Å². The van der Waals surface area contributed by atoms with Crippen molar-refractivity contribution in [3.05, 3.63) is 54.1 Å². The predicted molar refractivity (Wildman–Crippen MR) is 94.1 cm³/mol. The van der Waals surface area contributed by atoms with Crippen molar-refractivity contribution < 1.29 is 14.6 Å². The molecule has 126 valence electrons. The highest BCUT2D eigenvalue weighted by Crippen LogP contribution is 2.28. The van der Waals surface area contributed by atoms with Gasteiger partial charge in [-0.15, -0.1) is 0 Å². The molecule has 1 aliphatic rings. The molecule has 1 saturated heterocycles. The summed E-state index contributed by atoms with van der Waals surface area (Å²) in [5.74, 6) is 0.880. The molecule has 24 heavy (non-hydrogen) atoms. The molecule has 0 spiro atoms. The zero-order valence-electron chi connectivity index (χ0n) is 13.8. The average Bonchev–Trinajstić information content (AvgIpc) is 2.62. The second-order valence-electron chi connectivity index (χ2n) is 5.88. The van der Waals surface area contributed by atoms with Crippen LogP contribution in [0.4, 0.5) is 5.69 Å². The number of nitrogens with zero attached hydrogens (tertiary/aromatic N) is 2. The fourth-order valence-corrected chi connectivity index (χ4v) is 3.04. The summed E-state index contributed by atoms with van der Waals surface area (Å²) in [5.41, 5.74) is 1.48. The van der Waals surface area contributed by atoms with E-state index in [1.165, 1.54) is 0 Å². The third-order valence-electron chi connectivity index (χ3n) is 4.37. The molecule has 0 unspecified atom stereocenters. The summed E-state index contributed by atoms with van der Waals surface area (Å²) < 4.78 is 5.42. The monoisotopic (exact) mass is 326 g/mol. The SMILES string of the molecule is COc1ccccc1N1CCN(CC(=O)c2ccccc2O)CC1. The molecule has 2 aromatic carbocycles. The first-order valence-corrected chi connectivity index (χ1v) is 8.10. The molecule has 0 radical (unpaired) electrons. The minimum atomic E-state index is -0.0427. The molecule has 5 nitrogen and oxygen atoms in total. The van der Waals surface area contributed by atoms with Gasteiger partial charge in [-0.3, -0.25) is 9.69 Å². The van der Waals surface area contributed by atoms with Crippen LogP contribution < -0.4 is 9.64 Å². The summed E-state index contributed by atoms with van der Waals surface area (Å²) >= 11 is 0. The molecule has 1 fully saturated rings. The first kappa shape index (κ1) is 16.3. The van der Waals surface area contributed by atoms with Crippen LogP contribution in [0.3, 0.4) is 0 Å². The highest BCUT2D eigenvalue weighted by molar-refractivity contribution is 5.99. The quantitative estimate of drug-likeness (QED) is 0.855. The van der Waals surface area contributed by atoms with Gasteiger partial charge in [-0.25, -0.2) is 0 Å². The predicted octanol–water partition coefficient (Wildman–Crippen LogP) is 2.41. The number of phenolic OH excluding ortho intramolecular Hbond substituents is 1. The van der Waals surface area contributed by atoms with Crippen LogP contribution in [0.1, 0.15) is 10.4 Å². The molecule has 0 atom stereocenters. The number of carbonyl (C=O) groups is 1. The number of ether oxygens (including phenoxy) is 1. The number of Topliss-reactive ketones (excluding diaryl/α,β-unsaturated/α-hetero) is 1. The van der Waals surface area contributed by atoms with Gasteiger partial charge in [0, 0.05) is 26.2 Å². The summed E-state index contributed by atoms with van der Waals surface area (Å²) in [6.45, 7) is 3.62. The Bertz CT molecular complexity index is 709. The fraction of sp³-hybridized carbons (Fsp3) is 0.316. The molecular weight excluding hydrogens is 304 g/mol. The van der Waals surface area contributed by atoms with E-state index in [9.17, 15) is 9.90 Å². The van der Waals surface area contributed by atoms with Crippen molar-refractivity contribution in [3.63, 3.8) is 0 Å². The molecule has 0 bridgehead atoms. The highest BCUT2D eigenvalue weighted by Gasteiger charge is 2.22. The van der Waals surface area contributed by atoms with Crippen LogP contribution in [-0.4, -0.2) is 55.6 Å². The zero-order chi connectivity index (χ0) is 16.9. The standard InChI is InChI=1S/C19H22N2O3/c1-24-19-9-5-3-7-16(19)21-12-10-20(11-13-21)14-18(23)15-6-2-4-8-17(15)22/h2-9,22H,10-14H2,1H3. The van der Waals surface area contributed by atoms with E-state index in [1.54, 1.807) is 31.4 Å². The van der Waals surface area contributed by atoms with E-state index in [4.69, 9.17) is 4.74 Å². The summed E-state index contributed by atoms with van der Waals surface area (Å²) in [4.78, 5) is 16.8. The van der Waals surface area contributed by atoms with E-state index in [0.717, 1.165) is 37.6 Å². The number of benzene rings is 2. The number of hydrogen-bond acceptors (Lipinski definition) is 5. The summed E-state index contributed by atoms with van der Waals surface area (Å²) in [7, 11) is 1.68. The molecule has 3 rings (SSSR count). The maximum atomic E-state index is 12.4. The van der Waals surface area contributed by atoms with Gasteiger partial charge in [0.05, 0.1) is 24.9 Å². The van der Waals surface area contributed by atoms with Crippen molar-refractivity contribution in [2.24, 2.45) is 0 Å². The van der Waals surface area contributed by atoms with Crippen molar-refractivity contribution in [3.8, 4) is 11.5 Å². The highest BCUT2D eigenvalue weighted by atomic mass is 16.5. The molecule has 0 amide bonds. The lowest BCUT2D eigenvalue weighted by molar-refractivity contribution is 0.0923. The Morgan fingerprint density at radius 2 is 1.71 bits per heavy atom. The molecule has 0 aromatic heterocycles. The number of para-hydroxylation sites is 3. The van der Waals surface area contributed by atoms with Gasteiger partial charge in [0.15, 0.2) is 5.78 Å². The fourth-order valence-electron chi connectivity index (χ4n) is 3.04. The van der Waals surface area contributed by atoms with E-state index >= 15 is 0 Å². The van der Waals surface area contributed by atoms with Crippen molar-refractivity contribution in [1.29, 1.82) is 0 Å². The van der Waals surface area contributed by atoms with Crippen LogP contribution >= 0.6 is 0 Å². The third kappa shape index (κ3) is 3.51. The minimum absolute atomic E-state index is 0.0427. The number of rotatable bonds is 5. The lowest BCUT2D eigenvalue weighted by Crippen LogP contribution is -2.48. The van der Waals surface area contributed by atoms with Crippen LogP contribution in [0.15, 0.2) is 48.5 Å². The average molecular weight is 326 g/mol. The van der Waals surface area contributed by atoms with Gasteiger partial charge >= 0.3 is 0 Å². The summed E-state index contributed by atoms with van der Waals surface area (Å²) in [6, 6.07) is 14.7. The van der Waals surface area contributed by atoms with Crippen molar-refractivity contribution in [1.82, 2.24) is 4.90 Å². The molecule has 1 heterocycles. The van der Waals surface area contributed by atoms with Crippen LogP contribution in [0.25, 0.3) is 0 Å². The number of hydrogen-bond donors (Lipinski definition) is 1. The van der Waals surface area contributed by atoms with Crippen molar-refractivity contribution in [2.75, 3.05) is 44.7 Å². The molecular formula is C19H22N2O3. The van der Waals surface area contributed by atoms with Gasteiger partial charge < -0.3 is 14.7 Å². The van der Waals surface area contributed by atoms with E-state index < -0.39 is 0 Å². The maximum Gasteiger partial charge on any atom is 0.180 e. The molecule has 5 heteroatoms. The Labute approximate surface area is 142 Å². The maximum absolute atomic E-state index is 12.4. The number of piperazine rings is 1. The van der Waals surface area contributed by atoms with Gasteiger partial charge in [-0.05, 0) is 24.3 Å². The minimum Gasteiger partial charge on any atom is -0.507 e. The summed E-state index contributed by atoms with van der Waals surface area (Å²) in [6.07, 6.45) is 0. The molecule has 0 saturated carbocycles. The molecule has 1 N–H and O–H groups in total. The van der Waals surface area contributed by atoms with E-state index in [1.807, 2.05) is 18.2 Å². The second-order valence-corrected chi connectivity index (χ2v) is 5.88. The van der Waals surface area contributed by atoms with Crippen molar-refractivity contribution >= 4 is 11.5 Å². The molecule has 2 aromatic rings. The van der Waals surface area contributed by atoms with E-state index in [-0.39, 0.29) is 11.5 Å². The van der Waals surface area contributed by atoms with Gasteiger partial charge in [0.1, 0.15) is 11.5 Å². The number of carbonyl (C=O) groups excluding carboxylic acids is 1. The number of aromatic hydroxyl groups is 1. The largest absolute Gasteiger partial charge is 0.507 e. The Balaban J connectivity index is 1.59.